The molecular weight excluding hydrogens is 488 g/mol. The first kappa shape index (κ1) is 24.4. The van der Waals surface area contributed by atoms with Gasteiger partial charge in [-0.25, -0.2) is 0 Å². The van der Waals surface area contributed by atoms with Gasteiger partial charge in [0.15, 0.2) is 23.4 Å². The van der Waals surface area contributed by atoms with Crippen molar-refractivity contribution in [3.8, 4) is 11.5 Å². The number of amides is 1. The SMILES string of the molecule is CCOC(=O)C1CCN(C(=O)C2C[C@@]3(O)[C@H]4Cc5ccc(O)c6c5[C@@]3(CCN4CC3CC3)[C@@H](O6)C2=O)CC1. The van der Waals surface area contributed by atoms with E-state index in [-0.39, 0.29) is 41.8 Å². The highest BCUT2D eigenvalue weighted by Crippen LogP contribution is 2.65. The molecule has 5 atom stereocenters. The van der Waals surface area contributed by atoms with Crippen LogP contribution < -0.4 is 4.74 Å². The lowest BCUT2D eigenvalue weighted by molar-refractivity contribution is -0.200. The van der Waals surface area contributed by atoms with Crippen molar-refractivity contribution in [1.29, 1.82) is 0 Å². The second kappa shape index (κ2) is 8.42. The van der Waals surface area contributed by atoms with Gasteiger partial charge in [0.05, 0.1) is 23.5 Å². The number of esters is 1. The molecule has 3 aliphatic carbocycles. The van der Waals surface area contributed by atoms with E-state index in [4.69, 9.17) is 9.47 Å². The average Bonchev–Trinajstić information content (AvgIpc) is 3.65. The Balaban J connectivity index is 1.22. The number of hydrogen-bond donors (Lipinski definition) is 2. The third-order valence-electron chi connectivity index (χ3n) is 10.4. The maximum Gasteiger partial charge on any atom is 0.309 e. The zero-order valence-electron chi connectivity index (χ0n) is 21.9. The molecule has 204 valence electrons. The summed E-state index contributed by atoms with van der Waals surface area (Å²) in [6.45, 7) is 4.54. The first-order valence-electron chi connectivity index (χ1n) is 14.3. The van der Waals surface area contributed by atoms with Crippen LogP contribution >= 0.6 is 0 Å². The van der Waals surface area contributed by atoms with Gasteiger partial charge in [-0.1, -0.05) is 6.07 Å². The molecule has 1 aromatic rings. The van der Waals surface area contributed by atoms with E-state index in [2.05, 4.69) is 4.90 Å². The van der Waals surface area contributed by atoms with Crippen molar-refractivity contribution in [3.63, 3.8) is 0 Å². The Labute approximate surface area is 222 Å². The van der Waals surface area contributed by atoms with Crippen LogP contribution in [0.4, 0.5) is 0 Å². The molecule has 3 heterocycles. The van der Waals surface area contributed by atoms with Crippen molar-refractivity contribution in [1.82, 2.24) is 9.80 Å². The summed E-state index contributed by atoms with van der Waals surface area (Å²) in [5.74, 6) is -1.16. The fourth-order valence-electron chi connectivity index (χ4n) is 8.33. The normalized spacial score (nSPS) is 36.0. The number of rotatable bonds is 5. The van der Waals surface area contributed by atoms with Gasteiger partial charge in [0, 0.05) is 31.2 Å². The van der Waals surface area contributed by atoms with E-state index >= 15 is 0 Å². The molecule has 38 heavy (non-hydrogen) atoms. The van der Waals surface area contributed by atoms with Crippen LogP contribution in [0, 0.1) is 17.8 Å². The molecule has 7 rings (SSSR count). The molecule has 9 heteroatoms. The van der Waals surface area contributed by atoms with Crippen LogP contribution in [0.2, 0.25) is 0 Å². The van der Waals surface area contributed by atoms with E-state index in [1.165, 1.54) is 12.8 Å². The maximum absolute atomic E-state index is 14.1. The number of aromatic hydroxyl groups is 1. The maximum atomic E-state index is 14.1. The van der Waals surface area contributed by atoms with Gasteiger partial charge >= 0.3 is 5.97 Å². The Morgan fingerprint density at radius 2 is 1.92 bits per heavy atom. The van der Waals surface area contributed by atoms with Crippen molar-refractivity contribution in [2.24, 2.45) is 17.8 Å². The van der Waals surface area contributed by atoms with Gasteiger partial charge in [-0.3, -0.25) is 19.3 Å². The number of Topliss-reactive ketones (excluding diaryl/α,β-unsaturated/α-hetero) is 1. The van der Waals surface area contributed by atoms with Crippen molar-refractivity contribution >= 4 is 17.7 Å². The summed E-state index contributed by atoms with van der Waals surface area (Å²) in [5.41, 5.74) is -0.478. The molecule has 9 nitrogen and oxygen atoms in total. The molecule has 2 saturated heterocycles. The Hall–Kier alpha value is -2.65. The predicted molar refractivity (Wildman–Crippen MR) is 135 cm³/mol. The van der Waals surface area contributed by atoms with Crippen LogP contribution in [0.5, 0.6) is 11.5 Å². The van der Waals surface area contributed by atoms with Gasteiger partial charge in [-0.05, 0) is 76.0 Å². The van der Waals surface area contributed by atoms with Crippen LogP contribution in [0.15, 0.2) is 12.1 Å². The highest BCUT2D eigenvalue weighted by Gasteiger charge is 2.75. The fraction of sp³-hybridized carbons (Fsp3) is 0.690. The topological polar surface area (TPSA) is 117 Å². The lowest BCUT2D eigenvalue weighted by Gasteiger charge is -2.63. The zero-order valence-corrected chi connectivity index (χ0v) is 21.9. The van der Waals surface area contributed by atoms with Crippen molar-refractivity contribution < 1.29 is 34.1 Å². The minimum atomic E-state index is -1.33. The Morgan fingerprint density at radius 3 is 2.63 bits per heavy atom. The summed E-state index contributed by atoms with van der Waals surface area (Å²) in [4.78, 5) is 44.2. The second-order valence-electron chi connectivity index (χ2n) is 12.3. The second-order valence-corrected chi connectivity index (χ2v) is 12.3. The Morgan fingerprint density at radius 1 is 1.16 bits per heavy atom. The van der Waals surface area contributed by atoms with Gasteiger partial charge in [0.25, 0.3) is 0 Å². The van der Waals surface area contributed by atoms with Gasteiger partial charge in [0.2, 0.25) is 5.91 Å². The van der Waals surface area contributed by atoms with Crippen molar-refractivity contribution in [2.75, 3.05) is 32.8 Å². The molecule has 1 unspecified atom stereocenters. The average molecular weight is 525 g/mol. The standard InChI is InChI=1S/C29H36N2O7/c1-2-37-27(35)17-7-10-30(11-8-17)26(34)19-14-29(36)21-13-18-5-6-20(32)24-22(18)28(29,25(38-24)23(19)33)9-12-31(21)15-16-3-4-16/h5-6,16-17,19,21,25,32,36H,2-4,7-15H2,1H3/t19?,21-,25+,28+,29-/m1/s1. The van der Waals surface area contributed by atoms with E-state index in [1.807, 2.05) is 6.07 Å². The summed E-state index contributed by atoms with van der Waals surface area (Å²) < 4.78 is 11.4. The zero-order chi connectivity index (χ0) is 26.4. The monoisotopic (exact) mass is 524 g/mol. The highest BCUT2D eigenvalue weighted by atomic mass is 16.5. The lowest BCUT2D eigenvalue weighted by atomic mass is 9.47. The summed E-state index contributed by atoms with van der Waals surface area (Å²) in [6, 6.07) is 3.31. The number of phenolic OH excluding ortho intramolecular Hbond substituents is 1. The summed E-state index contributed by atoms with van der Waals surface area (Å²) in [5, 5.41) is 23.4. The molecule has 0 radical (unpaired) electrons. The molecule has 2 bridgehead atoms. The molecule has 1 aromatic carbocycles. The van der Waals surface area contributed by atoms with Crippen LogP contribution in [-0.2, 0) is 31.0 Å². The summed E-state index contributed by atoms with van der Waals surface area (Å²) >= 11 is 0. The van der Waals surface area contributed by atoms with Gasteiger partial charge in [0.1, 0.15) is 5.92 Å². The first-order chi connectivity index (χ1) is 18.3. The number of aliphatic hydroxyl groups is 1. The van der Waals surface area contributed by atoms with E-state index in [0.717, 1.165) is 24.2 Å². The largest absolute Gasteiger partial charge is 0.504 e. The fourth-order valence-corrected chi connectivity index (χ4v) is 8.33. The van der Waals surface area contributed by atoms with E-state index in [0.29, 0.717) is 57.0 Å². The molecule has 2 N–H and O–H groups in total. The summed E-state index contributed by atoms with van der Waals surface area (Å²) in [7, 11) is 0. The molecule has 0 aromatic heterocycles. The minimum absolute atomic E-state index is 0.0227. The lowest BCUT2D eigenvalue weighted by Crippen LogP contribution is -2.78. The van der Waals surface area contributed by atoms with E-state index in [1.54, 1.807) is 17.9 Å². The van der Waals surface area contributed by atoms with E-state index < -0.39 is 23.0 Å². The predicted octanol–water partition coefficient (Wildman–Crippen LogP) is 1.55. The number of piperidine rings is 2. The smallest absolute Gasteiger partial charge is 0.309 e. The molecule has 6 aliphatic rings. The number of ether oxygens (including phenoxy) is 2. The number of hydrogen-bond acceptors (Lipinski definition) is 8. The Bertz CT molecular complexity index is 1210. The summed E-state index contributed by atoms with van der Waals surface area (Å²) in [6.07, 6.45) is 3.62. The highest BCUT2D eigenvalue weighted by molar-refractivity contribution is 6.06. The molecule has 1 spiro atoms. The van der Waals surface area contributed by atoms with Gasteiger partial charge in [-0.2, -0.15) is 0 Å². The minimum Gasteiger partial charge on any atom is -0.504 e. The first-order valence-corrected chi connectivity index (χ1v) is 14.3. The molecular formula is C29H36N2O7. The number of benzene rings is 1. The third-order valence-corrected chi connectivity index (χ3v) is 10.4. The molecule has 2 saturated carbocycles. The molecule has 1 amide bonds. The van der Waals surface area contributed by atoms with Crippen molar-refractivity contribution in [2.45, 2.75) is 75.0 Å². The van der Waals surface area contributed by atoms with Gasteiger partial charge < -0.3 is 24.6 Å². The third kappa shape index (κ3) is 3.21. The van der Waals surface area contributed by atoms with Gasteiger partial charge in [-0.15, -0.1) is 0 Å². The van der Waals surface area contributed by atoms with Crippen LogP contribution in [0.1, 0.15) is 56.6 Å². The quantitative estimate of drug-likeness (QED) is 0.440. The number of ketones is 1. The van der Waals surface area contributed by atoms with Crippen LogP contribution in [-0.4, -0.2) is 88.2 Å². The van der Waals surface area contributed by atoms with Crippen LogP contribution in [0.25, 0.3) is 0 Å². The number of phenols is 1. The molecule has 4 fully saturated rings. The van der Waals surface area contributed by atoms with E-state index in [9.17, 15) is 24.6 Å². The van der Waals surface area contributed by atoms with Crippen molar-refractivity contribution in [3.05, 3.63) is 23.3 Å². The van der Waals surface area contributed by atoms with Crippen LogP contribution in [0.3, 0.4) is 0 Å². The number of carbonyl (C=O) groups is 3. The number of likely N-dealkylation sites (tertiary alicyclic amines) is 2. The number of nitrogens with zero attached hydrogens (tertiary/aromatic N) is 2. The molecule has 3 aliphatic heterocycles. The Kier molecular flexibility index (Phi) is 5.41. The number of carbonyl (C=O) groups excluding carboxylic acids is 3.